The van der Waals surface area contributed by atoms with Gasteiger partial charge in [0.05, 0.1) is 5.39 Å². The highest BCUT2D eigenvalue weighted by Gasteiger charge is 2.22. The second kappa shape index (κ2) is 5.93. The van der Waals surface area contributed by atoms with Crippen molar-refractivity contribution in [1.82, 2.24) is 9.97 Å². The maximum Gasteiger partial charge on any atom is 0.141 e. The summed E-state index contributed by atoms with van der Waals surface area (Å²) in [7, 11) is 0. The number of hydrogen-bond donors (Lipinski definition) is 0. The van der Waals surface area contributed by atoms with Crippen molar-refractivity contribution in [1.29, 1.82) is 0 Å². The first-order valence-electron chi connectivity index (χ1n) is 8.26. The van der Waals surface area contributed by atoms with Crippen LogP contribution < -0.4 is 4.90 Å². The Hall–Kier alpha value is -1.94. The SMILES string of the molecule is Cc1ccc(-c2csc3ncnc(N4CCC[C@H](C)C4)c23)cc1. The van der Waals surface area contributed by atoms with E-state index in [1.807, 2.05) is 0 Å². The summed E-state index contributed by atoms with van der Waals surface area (Å²) in [6.45, 7) is 6.65. The van der Waals surface area contributed by atoms with Gasteiger partial charge in [0.15, 0.2) is 0 Å². The van der Waals surface area contributed by atoms with E-state index in [9.17, 15) is 0 Å². The smallest absolute Gasteiger partial charge is 0.141 e. The van der Waals surface area contributed by atoms with Gasteiger partial charge < -0.3 is 4.90 Å². The molecule has 118 valence electrons. The standard InChI is InChI=1S/C19H21N3S/c1-13-5-7-15(8-6-13)16-11-23-19-17(16)18(20-12-21-19)22-9-3-4-14(2)10-22/h5-8,11-12,14H,3-4,9-10H2,1-2H3/t14-/m0/s1. The highest BCUT2D eigenvalue weighted by atomic mass is 32.1. The van der Waals surface area contributed by atoms with Crippen LogP contribution in [0.4, 0.5) is 5.82 Å². The molecule has 23 heavy (non-hydrogen) atoms. The predicted octanol–water partition coefficient (Wildman–Crippen LogP) is 4.90. The lowest BCUT2D eigenvalue weighted by atomic mass is 9.99. The molecule has 0 aliphatic carbocycles. The summed E-state index contributed by atoms with van der Waals surface area (Å²) < 4.78 is 0. The molecule has 1 aliphatic rings. The fraction of sp³-hybridized carbons (Fsp3) is 0.368. The van der Waals surface area contributed by atoms with Crippen LogP contribution in [0.5, 0.6) is 0 Å². The molecule has 4 rings (SSSR count). The van der Waals surface area contributed by atoms with Crippen molar-refractivity contribution >= 4 is 27.4 Å². The average Bonchev–Trinajstić information content (AvgIpc) is 3.00. The third kappa shape index (κ3) is 2.72. The van der Waals surface area contributed by atoms with E-state index in [0.717, 1.165) is 29.7 Å². The van der Waals surface area contributed by atoms with E-state index in [0.29, 0.717) is 0 Å². The molecule has 0 radical (unpaired) electrons. The monoisotopic (exact) mass is 323 g/mol. The highest BCUT2D eigenvalue weighted by Crippen LogP contribution is 2.38. The van der Waals surface area contributed by atoms with Crippen molar-refractivity contribution < 1.29 is 0 Å². The first-order chi connectivity index (χ1) is 11.2. The minimum atomic E-state index is 0.732. The molecule has 2 aromatic heterocycles. The van der Waals surface area contributed by atoms with E-state index in [-0.39, 0.29) is 0 Å². The quantitative estimate of drug-likeness (QED) is 0.671. The van der Waals surface area contributed by atoms with Gasteiger partial charge in [-0.05, 0) is 31.2 Å². The molecular weight excluding hydrogens is 302 g/mol. The van der Waals surface area contributed by atoms with Crippen LogP contribution in [0.1, 0.15) is 25.3 Å². The van der Waals surface area contributed by atoms with Crippen molar-refractivity contribution in [2.24, 2.45) is 5.92 Å². The molecule has 3 aromatic rings. The summed E-state index contributed by atoms with van der Waals surface area (Å²) in [5.74, 6) is 1.84. The van der Waals surface area contributed by atoms with E-state index < -0.39 is 0 Å². The molecule has 0 spiro atoms. The first kappa shape index (κ1) is 14.6. The minimum absolute atomic E-state index is 0.732. The number of nitrogens with zero attached hydrogens (tertiary/aromatic N) is 3. The Bertz CT molecular complexity index is 822. The Labute approximate surface area is 141 Å². The van der Waals surface area contributed by atoms with Crippen LogP contribution in [0, 0.1) is 12.8 Å². The Balaban J connectivity index is 1.85. The molecule has 1 saturated heterocycles. The normalized spacial score (nSPS) is 18.5. The lowest BCUT2D eigenvalue weighted by Gasteiger charge is -2.32. The number of anilines is 1. The predicted molar refractivity (Wildman–Crippen MR) is 98.2 cm³/mol. The lowest BCUT2D eigenvalue weighted by molar-refractivity contribution is 0.445. The van der Waals surface area contributed by atoms with Crippen LogP contribution in [0.15, 0.2) is 36.0 Å². The van der Waals surface area contributed by atoms with Crippen LogP contribution in [0.3, 0.4) is 0 Å². The molecule has 1 aliphatic heterocycles. The molecule has 3 nitrogen and oxygen atoms in total. The molecule has 0 amide bonds. The Morgan fingerprint density at radius 2 is 2.00 bits per heavy atom. The van der Waals surface area contributed by atoms with Crippen molar-refractivity contribution in [2.45, 2.75) is 26.7 Å². The van der Waals surface area contributed by atoms with Gasteiger partial charge in [0, 0.05) is 24.0 Å². The van der Waals surface area contributed by atoms with E-state index in [1.165, 1.54) is 34.9 Å². The fourth-order valence-electron chi connectivity index (χ4n) is 3.43. The molecule has 0 bridgehead atoms. The third-order valence-electron chi connectivity index (χ3n) is 4.67. The zero-order chi connectivity index (χ0) is 15.8. The van der Waals surface area contributed by atoms with Gasteiger partial charge in [-0.15, -0.1) is 11.3 Å². The molecule has 0 unspecified atom stereocenters. The molecule has 3 heterocycles. The minimum Gasteiger partial charge on any atom is -0.356 e. The zero-order valence-corrected chi connectivity index (χ0v) is 14.4. The van der Waals surface area contributed by atoms with Crippen molar-refractivity contribution in [3.8, 4) is 11.1 Å². The van der Waals surface area contributed by atoms with E-state index in [4.69, 9.17) is 0 Å². The average molecular weight is 323 g/mol. The topological polar surface area (TPSA) is 29.0 Å². The number of thiophene rings is 1. The van der Waals surface area contributed by atoms with Gasteiger partial charge in [-0.2, -0.15) is 0 Å². The van der Waals surface area contributed by atoms with Gasteiger partial charge in [-0.3, -0.25) is 0 Å². The van der Waals surface area contributed by atoms with Gasteiger partial charge >= 0.3 is 0 Å². The molecule has 1 aromatic carbocycles. The number of benzene rings is 1. The summed E-state index contributed by atoms with van der Waals surface area (Å²) in [6.07, 6.45) is 4.28. The van der Waals surface area contributed by atoms with Gasteiger partial charge in [0.2, 0.25) is 0 Å². The summed E-state index contributed by atoms with van der Waals surface area (Å²) in [5, 5.41) is 3.44. The molecule has 0 saturated carbocycles. The highest BCUT2D eigenvalue weighted by molar-refractivity contribution is 7.17. The number of rotatable bonds is 2. The van der Waals surface area contributed by atoms with Crippen LogP contribution in [0.25, 0.3) is 21.3 Å². The number of aryl methyl sites for hydroxylation is 1. The molecule has 4 heteroatoms. The molecular formula is C19H21N3S. The number of aromatic nitrogens is 2. The maximum absolute atomic E-state index is 4.66. The van der Waals surface area contributed by atoms with Gasteiger partial charge in [-0.1, -0.05) is 36.8 Å². The fourth-order valence-corrected chi connectivity index (χ4v) is 4.34. The molecule has 1 fully saturated rings. The summed E-state index contributed by atoms with van der Waals surface area (Å²) >= 11 is 1.71. The lowest BCUT2D eigenvalue weighted by Crippen LogP contribution is -2.34. The summed E-state index contributed by atoms with van der Waals surface area (Å²) in [4.78, 5) is 12.7. The van der Waals surface area contributed by atoms with E-state index >= 15 is 0 Å². The molecule has 0 N–H and O–H groups in total. The van der Waals surface area contributed by atoms with Crippen LogP contribution in [-0.4, -0.2) is 23.1 Å². The summed E-state index contributed by atoms with van der Waals surface area (Å²) in [5.41, 5.74) is 3.80. The van der Waals surface area contributed by atoms with Crippen LogP contribution in [0.2, 0.25) is 0 Å². The number of hydrogen-bond acceptors (Lipinski definition) is 4. The first-order valence-corrected chi connectivity index (χ1v) is 9.14. The largest absolute Gasteiger partial charge is 0.356 e. The number of fused-ring (bicyclic) bond motifs is 1. The van der Waals surface area contributed by atoms with Crippen LogP contribution in [-0.2, 0) is 0 Å². The zero-order valence-electron chi connectivity index (χ0n) is 13.6. The van der Waals surface area contributed by atoms with Crippen molar-refractivity contribution in [3.05, 3.63) is 41.5 Å². The van der Waals surface area contributed by atoms with Gasteiger partial charge in [-0.25, -0.2) is 9.97 Å². The Morgan fingerprint density at radius 3 is 2.78 bits per heavy atom. The van der Waals surface area contributed by atoms with Crippen LogP contribution >= 0.6 is 11.3 Å². The Kier molecular flexibility index (Phi) is 3.77. The molecule has 1 atom stereocenters. The van der Waals surface area contributed by atoms with E-state index in [1.54, 1.807) is 17.7 Å². The Morgan fingerprint density at radius 1 is 1.17 bits per heavy atom. The van der Waals surface area contributed by atoms with E-state index in [2.05, 4.69) is 58.4 Å². The summed E-state index contributed by atoms with van der Waals surface area (Å²) in [6, 6.07) is 8.75. The van der Waals surface area contributed by atoms with Crippen molar-refractivity contribution in [2.75, 3.05) is 18.0 Å². The maximum atomic E-state index is 4.66. The van der Waals surface area contributed by atoms with Gasteiger partial charge in [0.25, 0.3) is 0 Å². The van der Waals surface area contributed by atoms with Crippen molar-refractivity contribution in [3.63, 3.8) is 0 Å². The number of piperidine rings is 1. The second-order valence-electron chi connectivity index (χ2n) is 6.59. The second-order valence-corrected chi connectivity index (χ2v) is 7.44. The third-order valence-corrected chi connectivity index (χ3v) is 5.56. The van der Waals surface area contributed by atoms with Gasteiger partial charge in [0.1, 0.15) is 17.0 Å².